The third-order valence-electron chi connectivity index (χ3n) is 2.28. The van der Waals surface area contributed by atoms with E-state index in [0.29, 0.717) is 6.04 Å². The standard InChI is InChI=1S/C11H16BrN3S.HI/c1-2-13-11(15-9-3-4-9)14-6-10-5-8(12)7-16-10;/h5,7,9H,2-4,6H2,1H3,(H2,13,14,15);1H. The van der Waals surface area contributed by atoms with Crippen LogP contribution in [0.15, 0.2) is 20.9 Å². The van der Waals surface area contributed by atoms with Crippen molar-refractivity contribution in [2.45, 2.75) is 32.4 Å². The third kappa shape index (κ3) is 5.56. The topological polar surface area (TPSA) is 36.4 Å². The summed E-state index contributed by atoms with van der Waals surface area (Å²) in [6.07, 6.45) is 2.55. The predicted octanol–water partition coefficient (Wildman–Crippen LogP) is 3.35. The van der Waals surface area contributed by atoms with Crippen molar-refractivity contribution < 1.29 is 0 Å². The van der Waals surface area contributed by atoms with Crippen molar-refractivity contribution in [3.8, 4) is 0 Å². The van der Waals surface area contributed by atoms with Gasteiger partial charge in [0, 0.05) is 27.3 Å². The second-order valence-electron chi connectivity index (χ2n) is 3.85. The predicted molar refractivity (Wildman–Crippen MR) is 88.4 cm³/mol. The lowest BCUT2D eigenvalue weighted by atomic mass is 10.5. The highest BCUT2D eigenvalue weighted by molar-refractivity contribution is 14.0. The summed E-state index contributed by atoms with van der Waals surface area (Å²) in [5.41, 5.74) is 0. The van der Waals surface area contributed by atoms with Crippen molar-refractivity contribution in [1.82, 2.24) is 10.6 Å². The van der Waals surface area contributed by atoms with Gasteiger partial charge >= 0.3 is 0 Å². The van der Waals surface area contributed by atoms with Crippen LogP contribution in [0, 0.1) is 0 Å². The van der Waals surface area contributed by atoms with E-state index in [-0.39, 0.29) is 24.0 Å². The lowest BCUT2D eigenvalue weighted by molar-refractivity contribution is 0.813. The van der Waals surface area contributed by atoms with Gasteiger partial charge in [0.1, 0.15) is 0 Å². The molecule has 17 heavy (non-hydrogen) atoms. The maximum absolute atomic E-state index is 4.56. The van der Waals surface area contributed by atoms with Crippen molar-refractivity contribution in [3.63, 3.8) is 0 Å². The van der Waals surface area contributed by atoms with Gasteiger partial charge in [0.05, 0.1) is 6.54 Å². The number of aliphatic imine (C=N–C) groups is 1. The van der Waals surface area contributed by atoms with Gasteiger partial charge in [-0.05, 0) is 41.8 Å². The molecule has 1 fully saturated rings. The molecule has 0 atom stereocenters. The van der Waals surface area contributed by atoms with Crippen molar-refractivity contribution in [2.75, 3.05) is 6.54 Å². The van der Waals surface area contributed by atoms with Gasteiger partial charge in [-0.1, -0.05) is 0 Å². The average molecular weight is 430 g/mol. The lowest BCUT2D eigenvalue weighted by Crippen LogP contribution is -2.38. The molecule has 1 aromatic rings. The Morgan fingerprint density at radius 1 is 1.59 bits per heavy atom. The normalized spacial score (nSPS) is 15.3. The maximum Gasteiger partial charge on any atom is 0.191 e. The second kappa shape index (κ2) is 7.58. The fourth-order valence-corrected chi connectivity index (χ4v) is 2.71. The first-order valence-electron chi connectivity index (χ1n) is 5.55. The molecule has 0 aromatic carbocycles. The van der Waals surface area contributed by atoms with Crippen LogP contribution in [0.3, 0.4) is 0 Å². The molecule has 0 aliphatic heterocycles. The fourth-order valence-electron chi connectivity index (χ4n) is 1.33. The summed E-state index contributed by atoms with van der Waals surface area (Å²) < 4.78 is 1.14. The second-order valence-corrected chi connectivity index (χ2v) is 5.76. The molecule has 3 nitrogen and oxygen atoms in total. The van der Waals surface area contributed by atoms with E-state index in [0.717, 1.165) is 23.5 Å². The fraction of sp³-hybridized carbons (Fsp3) is 0.545. The summed E-state index contributed by atoms with van der Waals surface area (Å²) in [4.78, 5) is 5.84. The average Bonchev–Trinajstić information content (AvgIpc) is 2.97. The van der Waals surface area contributed by atoms with E-state index in [1.165, 1.54) is 17.7 Å². The monoisotopic (exact) mass is 429 g/mol. The highest BCUT2D eigenvalue weighted by Gasteiger charge is 2.21. The Morgan fingerprint density at radius 2 is 2.35 bits per heavy atom. The zero-order valence-corrected chi connectivity index (χ0v) is 14.4. The first-order chi connectivity index (χ1) is 7.78. The van der Waals surface area contributed by atoms with E-state index in [1.807, 2.05) is 0 Å². The smallest absolute Gasteiger partial charge is 0.191 e. The van der Waals surface area contributed by atoms with E-state index in [4.69, 9.17) is 0 Å². The quantitative estimate of drug-likeness (QED) is 0.437. The number of rotatable bonds is 4. The Bertz CT molecular complexity index is 377. The van der Waals surface area contributed by atoms with E-state index in [2.05, 4.69) is 49.9 Å². The largest absolute Gasteiger partial charge is 0.357 e. The van der Waals surface area contributed by atoms with Gasteiger partial charge in [-0.2, -0.15) is 0 Å². The molecule has 0 saturated heterocycles. The van der Waals surface area contributed by atoms with Crippen LogP contribution in [0.2, 0.25) is 0 Å². The number of thiophene rings is 1. The van der Waals surface area contributed by atoms with Crippen molar-refractivity contribution in [3.05, 3.63) is 20.8 Å². The van der Waals surface area contributed by atoms with Gasteiger partial charge in [-0.25, -0.2) is 4.99 Å². The molecule has 1 heterocycles. The molecule has 96 valence electrons. The molecule has 1 aliphatic carbocycles. The molecule has 0 radical (unpaired) electrons. The zero-order valence-electron chi connectivity index (χ0n) is 9.70. The lowest BCUT2D eigenvalue weighted by Gasteiger charge is -2.09. The van der Waals surface area contributed by atoms with Crippen LogP contribution in [0.25, 0.3) is 0 Å². The molecule has 1 saturated carbocycles. The summed E-state index contributed by atoms with van der Waals surface area (Å²) in [5.74, 6) is 0.939. The molecule has 6 heteroatoms. The Balaban J connectivity index is 0.00000144. The number of guanidine groups is 1. The Hall–Kier alpha value is 0.180. The number of hydrogen-bond donors (Lipinski definition) is 2. The van der Waals surface area contributed by atoms with E-state index in [9.17, 15) is 0 Å². The molecule has 1 aromatic heterocycles. The zero-order chi connectivity index (χ0) is 11.4. The molecule has 0 spiro atoms. The molecule has 1 aliphatic rings. The van der Waals surface area contributed by atoms with Crippen LogP contribution in [0.1, 0.15) is 24.6 Å². The first-order valence-corrected chi connectivity index (χ1v) is 7.23. The van der Waals surface area contributed by atoms with E-state index in [1.54, 1.807) is 11.3 Å². The Kier molecular flexibility index (Phi) is 6.79. The minimum absolute atomic E-state index is 0. The Morgan fingerprint density at radius 3 is 2.88 bits per heavy atom. The number of halogens is 2. The van der Waals surface area contributed by atoms with Gasteiger partial charge in [0.25, 0.3) is 0 Å². The summed E-state index contributed by atoms with van der Waals surface area (Å²) in [6.45, 7) is 3.75. The minimum Gasteiger partial charge on any atom is -0.357 e. The van der Waals surface area contributed by atoms with Crippen molar-refractivity contribution >= 4 is 57.2 Å². The van der Waals surface area contributed by atoms with Gasteiger partial charge in [-0.15, -0.1) is 35.3 Å². The van der Waals surface area contributed by atoms with Crippen LogP contribution >= 0.6 is 51.2 Å². The number of nitrogens with one attached hydrogen (secondary N) is 2. The van der Waals surface area contributed by atoms with Crippen LogP contribution in [-0.4, -0.2) is 18.5 Å². The summed E-state index contributed by atoms with van der Waals surface area (Å²) in [5, 5.41) is 8.75. The number of hydrogen-bond acceptors (Lipinski definition) is 2. The Labute approximate surface area is 132 Å². The molecular formula is C11H17BrIN3S. The van der Waals surface area contributed by atoms with Crippen LogP contribution in [-0.2, 0) is 6.54 Å². The molecule has 0 amide bonds. The van der Waals surface area contributed by atoms with Crippen LogP contribution < -0.4 is 10.6 Å². The third-order valence-corrected chi connectivity index (χ3v) is 3.96. The number of nitrogens with zero attached hydrogens (tertiary/aromatic N) is 1. The SMILES string of the molecule is CCNC(=NCc1cc(Br)cs1)NC1CC1.I. The van der Waals surface area contributed by atoms with Crippen molar-refractivity contribution in [2.24, 2.45) is 4.99 Å². The molecule has 2 rings (SSSR count). The summed E-state index contributed by atoms with van der Waals surface area (Å²) in [6, 6.07) is 2.77. The first kappa shape index (κ1) is 15.2. The molecule has 0 bridgehead atoms. The van der Waals surface area contributed by atoms with Gasteiger partial charge in [0.15, 0.2) is 5.96 Å². The van der Waals surface area contributed by atoms with E-state index >= 15 is 0 Å². The van der Waals surface area contributed by atoms with Gasteiger partial charge < -0.3 is 10.6 Å². The maximum atomic E-state index is 4.56. The minimum atomic E-state index is 0. The van der Waals surface area contributed by atoms with Crippen molar-refractivity contribution in [1.29, 1.82) is 0 Å². The van der Waals surface area contributed by atoms with E-state index < -0.39 is 0 Å². The van der Waals surface area contributed by atoms with Gasteiger partial charge in [-0.3, -0.25) is 0 Å². The molecule has 2 N–H and O–H groups in total. The summed E-state index contributed by atoms with van der Waals surface area (Å²) >= 11 is 5.19. The van der Waals surface area contributed by atoms with Crippen LogP contribution in [0.5, 0.6) is 0 Å². The van der Waals surface area contributed by atoms with Gasteiger partial charge in [0.2, 0.25) is 0 Å². The summed E-state index contributed by atoms with van der Waals surface area (Å²) in [7, 11) is 0. The molecular weight excluding hydrogens is 413 g/mol. The highest BCUT2D eigenvalue weighted by Crippen LogP contribution is 2.21. The molecule has 0 unspecified atom stereocenters. The van der Waals surface area contributed by atoms with Crippen LogP contribution in [0.4, 0.5) is 0 Å². The highest BCUT2D eigenvalue weighted by atomic mass is 127.